The number of hydrogen-bond acceptors (Lipinski definition) is 4. The van der Waals surface area contributed by atoms with Gasteiger partial charge in [-0.15, -0.1) is 0 Å². The molecule has 0 saturated carbocycles. The number of halogens is 2. The lowest BCUT2D eigenvalue weighted by atomic mass is 10.1. The SMILES string of the molecule is CCN(CC)c1cc(/C=C/c2ccc(OC)c(OC)c2)nc2cc(Cl)c(Cl)cc12. The summed E-state index contributed by atoms with van der Waals surface area (Å²) in [5.74, 6) is 1.38. The minimum Gasteiger partial charge on any atom is -0.493 e. The number of nitrogens with zero attached hydrogens (tertiary/aromatic N) is 2. The topological polar surface area (TPSA) is 34.6 Å². The normalized spacial score (nSPS) is 11.2. The van der Waals surface area contributed by atoms with Crippen LogP contribution in [-0.4, -0.2) is 32.3 Å². The molecule has 0 radical (unpaired) electrons. The molecule has 0 bridgehead atoms. The molecule has 0 aliphatic carbocycles. The number of rotatable bonds is 7. The zero-order chi connectivity index (χ0) is 21.0. The molecule has 1 aromatic heterocycles. The molecule has 6 heteroatoms. The van der Waals surface area contributed by atoms with E-state index in [-0.39, 0.29) is 0 Å². The summed E-state index contributed by atoms with van der Waals surface area (Å²) < 4.78 is 10.7. The van der Waals surface area contributed by atoms with Crippen LogP contribution in [0.15, 0.2) is 36.4 Å². The summed E-state index contributed by atoms with van der Waals surface area (Å²) in [5, 5.41) is 2.02. The Morgan fingerprint density at radius 1 is 0.897 bits per heavy atom. The van der Waals surface area contributed by atoms with Crippen molar-refractivity contribution in [2.75, 3.05) is 32.2 Å². The molecule has 29 heavy (non-hydrogen) atoms. The highest BCUT2D eigenvalue weighted by Crippen LogP contribution is 2.34. The molecule has 0 aliphatic rings. The number of benzene rings is 2. The van der Waals surface area contributed by atoms with Gasteiger partial charge in [-0.05, 0) is 55.8 Å². The highest BCUT2D eigenvalue weighted by molar-refractivity contribution is 6.42. The summed E-state index contributed by atoms with van der Waals surface area (Å²) in [6.45, 7) is 6.03. The third kappa shape index (κ3) is 4.60. The van der Waals surface area contributed by atoms with E-state index in [1.54, 1.807) is 14.2 Å². The van der Waals surface area contributed by atoms with Gasteiger partial charge in [-0.3, -0.25) is 0 Å². The van der Waals surface area contributed by atoms with Crippen molar-refractivity contribution in [3.8, 4) is 11.5 Å². The van der Waals surface area contributed by atoms with E-state index in [0.29, 0.717) is 21.5 Å². The van der Waals surface area contributed by atoms with Crippen LogP contribution in [0, 0.1) is 0 Å². The van der Waals surface area contributed by atoms with Gasteiger partial charge in [0, 0.05) is 24.2 Å². The van der Waals surface area contributed by atoms with Crippen molar-refractivity contribution in [2.45, 2.75) is 13.8 Å². The van der Waals surface area contributed by atoms with E-state index in [1.165, 1.54) is 0 Å². The van der Waals surface area contributed by atoms with E-state index in [4.69, 9.17) is 37.7 Å². The fourth-order valence-electron chi connectivity index (χ4n) is 3.27. The van der Waals surface area contributed by atoms with Crippen LogP contribution >= 0.6 is 23.2 Å². The molecule has 0 aliphatic heterocycles. The molecule has 0 spiro atoms. The first-order valence-corrected chi connectivity index (χ1v) is 10.2. The van der Waals surface area contributed by atoms with Crippen molar-refractivity contribution in [1.29, 1.82) is 0 Å². The van der Waals surface area contributed by atoms with Gasteiger partial charge in [-0.2, -0.15) is 0 Å². The first-order chi connectivity index (χ1) is 14.0. The summed E-state index contributed by atoms with van der Waals surface area (Å²) in [7, 11) is 3.25. The average molecular weight is 431 g/mol. The molecule has 0 saturated heterocycles. The number of methoxy groups -OCH3 is 2. The van der Waals surface area contributed by atoms with Crippen molar-refractivity contribution in [3.05, 3.63) is 57.7 Å². The molecule has 0 unspecified atom stereocenters. The lowest BCUT2D eigenvalue weighted by molar-refractivity contribution is 0.355. The van der Waals surface area contributed by atoms with E-state index < -0.39 is 0 Å². The number of aromatic nitrogens is 1. The van der Waals surface area contributed by atoms with Crippen LogP contribution in [0.2, 0.25) is 10.0 Å². The predicted octanol–water partition coefficient (Wildman–Crippen LogP) is 6.58. The maximum absolute atomic E-state index is 6.27. The molecule has 152 valence electrons. The molecule has 3 rings (SSSR count). The van der Waals surface area contributed by atoms with Gasteiger partial charge in [-0.25, -0.2) is 4.98 Å². The number of ether oxygens (including phenoxy) is 2. The monoisotopic (exact) mass is 430 g/mol. The van der Waals surface area contributed by atoms with Crippen LogP contribution in [0.5, 0.6) is 11.5 Å². The van der Waals surface area contributed by atoms with E-state index in [0.717, 1.165) is 40.9 Å². The van der Waals surface area contributed by atoms with Gasteiger partial charge in [0.25, 0.3) is 0 Å². The highest BCUT2D eigenvalue weighted by Gasteiger charge is 2.12. The fourth-order valence-corrected chi connectivity index (χ4v) is 3.59. The van der Waals surface area contributed by atoms with E-state index >= 15 is 0 Å². The maximum Gasteiger partial charge on any atom is 0.161 e. The van der Waals surface area contributed by atoms with Gasteiger partial charge in [0.1, 0.15) is 0 Å². The van der Waals surface area contributed by atoms with Gasteiger partial charge >= 0.3 is 0 Å². The second-order valence-electron chi connectivity index (χ2n) is 6.47. The van der Waals surface area contributed by atoms with Crippen molar-refractivity contribution < 1.29 is 9.47 Å². The van der Waals surface area contributed by atoms with Crippen LogP contribution in [0.1, 0.15) is 25.1 Å². The van der Waals surface area contributed by atoms with Crippen molar-refractivity contribution in [3.63, 3.8) is 0 Å². The maximum atomic E-state index is 6.27. The zero-order valence-electron chi connectivity index (χ0n) is 17.0. The zero-order valence-corrected chi connectivity index (χ0v) is 18.5. The Bertz CT molecular complexity index is 1050. The summed E-state index contributed by atoms with van der Waals surface area (Å²) in [4.78, 5) is 7.05. The van der Waals surface area contributed by atoms with Crippen LogP contribution in [0.25, 0.3) is 23.1 Å². The summed E-state index contributed by atoms with van der Waals surface area (Å²) in [6.07, 6.45) is 3.98. The number of pyridine rings is 1. The van der Waals surface area contributed by atoms with E-state index in [2.05, 4.69) is 24.8 Å². The molecule has 0 fully saturated rings. The van der Waals surface area contributed by atoms with Crippen LogP contribution in [-0.2, 0) is 0 Å². The molecule has 0 N–H and O–H groups in total. The molecule has 0 amide bonds. The third-order valence-electron chi connectivity index (χ3n) is 4.81. The van der Waals surface area contributed by atoms with Crippen LogP contribution in [0.3, 0.4) is 0 Å². The van der Waals surface area contributed by atoms with Gasteiger partial charge in [0.05, 0.1) is 35.5 Å². The quantitative estimate of drug-likeness (QED) is 0.424. The van der Waals surface area contributed by atoms with Gasteiger partial charge in [0.2, 0.25) is 0 Å². The molecule has 1 heterocycles. The van der Waals surface area contributed by atoms with E-state index in [1.807, 2.05) is 42.5 Å². The molecule has 4 nitrogen and oxygen atoms in total. The molecular formula is C23H24Cl2N2O2. The Morgan fingerprint density at radius 3 is 2.24 bits per heavy atom. The predicted molar refractivity (Wildman–Crippen MR) is 124 cm³/mol. The Morgan fingerprint density at radius 2 is 1.59 bits per heavy atom. The highest BCUT2D eigenvalue weighted by atomic mass is 35.5. The first-order valence-electron chi connectivity index (χ1n) is 9.45. The molecular weight excluding hydrogens is 407 g/mol. The van der Waals surface area contributed by atoms with Gasteiger partial charge in [0.15, 0.2) is 11.5 Å². The number of fused-ring (bicyclic) bond motifs is 1. The molecule has 2 aromatic carbocycles. The Balaban J connectivity index is 2.07. The summed E-state index contributed by atoms with van der Waals surface area (Å²) >= 11 is 12.5. The van der Waals surface area contributed by atoms with Crippen LogP contribution < -0.4 is 14.4 Å². The van der Waals surface area contributed by atoms with Crippen LogP contribution in [0.4, 0.5) is 5.69 Å². The third-order valence-corrected chi connectivity index (χ3v) is 5.53. The molecule has 0 atom stereocenters. The second kappa shape index (κ2) is 9.38. The smallest absolute Gasteiger partial charge is 0.161 e. The fraction of sp³-hybridized carbons (Fsp3) is 0.261. The largest absolute Gasteiger partial charge is 0.493 e. The van der Waals surface area contributed by atoms with Crippen molar-refractivity contribution in [1.82, 2.24) is 4.98 Å². The second-order valence-corrected chi connectivity index (χ2v) is 7.28. The standard InChI is InChI=1S/C23H24Cl2N2O2/c1-5-27(6-2)21-12-16(26-20-14-19(25)18(24)13-17(20)21)9-7-15-8-10-22(28-3)23(11-15)29-4/h7-14H,5-6H2,1-4H3/b9-7+. The van der Waals surface area contributed by atoms with Crippen molar-refractivity contribution >= 4 is 51.9 Å². The van der Waals surface area contributed by atoms with Crippen molar-refractivity contribution in [2.24, 2.45) is 0 Å². The van der Waals surface area contributed by atoms with Gasteiger partial charge < -0.3 is 14.4 Å². The minimum atomic E-state index is 0.498. The average Bonchev–Trinajstić information content (AvgIpc) is 2.74. The lowest BCUT2D eigenvalue weighted by Gasteiger charge is -2.23. The minimum absolute atomic E-state index is 0.498. The first kappa shape index (κ1) is 21.3. The summed E-state index contributed by atoms with van der Waals surface area (Å²) in [5.41, 5.74) is 3.73. The molecule has 3 aromatic rings. The number of anilines is 1. The Hall–Kier alpha value is -2.43. The Kier molecular flexibility index (Phi) is 6.88. The number of hydrogen-bond donors (Lipinski definition) is 0. The Labute approximate surface area is 181 Å². The summed E-state index contributed by atoms with van der Waals surface area (Å²) in [6, 6.07) is 11.6. The van der Waals surface area contributed by atoms with Gasteiger partial charge in [-0.1, -0.05) is 35.3 Å². The lowest BCUT2D eigenvalue weighted by Crippen LogP contribution is -2.22. The van der Waals surface area contributed by atoms with E-state index in [9.17, 15) is 0 Å².